The molecule has 1 aromatic carbocycles. The largest absolute Gasteiger partial charge is 0.488 e. The second-order valence-corrected chi connectivity index (χ2v) is 3.77. The van der Waals surface area contributed by atoms with E-state index in [-0.39, 0.29) is 0 Å². The number of benzene rings is 1. The summed E-state index contributed by atoms with van der Waals surface area (Å²) < 4.78 is 9.99. The number of esters is 1. The molecule has 1 rings (SSSR count). The van der Waals surface area contributed by atoms with E-state index in [0.29, 0.717) is 10.8 Å². The zero-order chi connectivity index (χ0) is 12.1. The Labute approximate surface area is 99.3 Å². The van der Waals surface area contributed by atoms with Crippen molar-refractivity contribution >= 4 is 17.6 Å². The molecule has 0 aliphatic carbocycles. The molecule has 0 saturated carbocycles. The van der Waals surface area contributed by atoms with Crippen LogP contribution in [0, 0.1) is 0 Å². The third kappa shape index (κ3) is 3.40. The first-order chi connectivity index (χ1) is 7.54. The summed E-state index contributed by atoms with van der Waals surface area (Å²) in [5, 5.41) is 0.566. The van der Waals surface area contributed by atoms with Gasteiger partial charge >= 0.3 is 5.97 Å². The highest BCUT2D eigenvalue weighted by Gasteiger charge is 2.23. The van der Waals surface area contributed by atoms with Crippen LogP contribution in [0.4, 0.5) is 0 Å². The molecule has 0 bridgehead atoms. The van der Waals surface area contributed by atoms with Crippen molar-refractivity contribution in [2.24, 2.45) is 5.73 Å². The smallest absolute Gasteiger partial charge is 0.326 e. The molecule has 4 nitrogen and oxygen atoms in total. The Bertz CT molecular complexity index is 370. The number of ether oxygens (including phenoxy) is 2. The zero-order valence-corrected chi connectivity index (χ0v) is 9.90. The quantitative estimate of drug-likeness (QED) is 0.817. The maximum atomic E-state index is 11.2. The number of carbonyl (C=O) groups is 1. The highest BCUT2D eigenvalue weighted by Crippen LogP contribution is 2.18. The number of carbonyl (C=O) groups excluding carboxylic acids is 1. The molecule has 0 heterocycles. The van der Waals surface area contributed by atoms with E-state index in [1.165, 1.54) is 7.11 Å². The van der Waals surface area contributed by atoms with Crippen LogP contribution >= 0.6 is 11.6 Å². The monoisotopic (exact) mass is 243 g/mol. The number of halogens is 1. The molecule has 88 valence electrons. The van der Waals surface area contributed by atoms with Gasteiger partial charge in [0.1, 0.15) is 17.9 Å². The predicted molar refractivity (Wildman–Crippen MR) is 61.5 cm³/mol. The Hall–Kier alpha value is -1.26. The van der Waals surface area contributed by atoms with Gasteiger partial charge in [-0.3, -0.25) is 4.79 Å². The van der Waals surface area contributed by atoms with Crippen molar-refractivity contribution in [3.63, 3.8) is 0 Å². The minimum atomic E-state index is -0.816. The molecule has 2 atom stereocenters. The van der Waals surface area contributed by atoms with E-state index < -0.39 is 18.1 Å². The highest BCUT2D eigenvalue weighted by atomic mass is 35.5. The molecule has 0 amide bonds. The topological polar surface area (TPSA) is 61.5 Å². The maximum absolute atomic E-state index is 11.2. The van der Waals surface area contributed by atoms with Gasteiger partial charge in [-0.2, -0.15) is 0 Å². The Morgan fingerprint density at radius 2 is 2.19 bits per heavy atom. The van der Waals surface area contributed by atoms with Gasteiger partial charge in [-0.1, -0.05) is 17.7 Å². The van der Waals surface area contributed by atoms with Gasteiger partial charge in [0.05, 0.1) is 7.11 Å². The van der Waals surface area contributed by atoms with Gasteiger partial charge in [0, 0.05) is 5.02 Å². The van der Waals surface area contributed by atoms with E-state index in [4.69, 9.17) is 22.1 Å². The lowest BCUT2D eigenvalue weighted by atomic mass is 10.2. The van der Waals surface area contributed by atoms with E-state index in [0.717, 1.165) is 0 Å². The summed E-state index contributed by atoms with van der Waals surface area (Å²) in [6.45, 7) is 1.70. The summed E-state index contributed by atoms with van der Waals surface area (Å²) in [6.07, 6.45) is -0.481. The zero-order valence-electron chi connectivity index (χ0n) is 9.14. The normalized spacial score (nSPS) is 14.0. The average Bonchev–Trinajstić information content (AvgIpc) is 2.27. The van der Waals surface area contributed by atoms with Crippen LogP contribution in [0.25, 0.3) is 0 Å². The summed E-state index contributed by atoms with van der Waals surface area (Å²) >= 11 is 5.79. The van der Waals surface area contributed by atoms with Crippen LogP contribution in [-0.4, -0.2) is 25.2 Å². The van der Waals surface area contributed by atoms with Crippen molar-refractivity contribution in [2.75, 3.05) is 7.11 Å². The Morgan fingerprint density at radius 1 is 1.50 bits per heavy atom. The average molecular weight is 244 g/mol. The minimum absolute atomic E-state index is 0.481. The molecule has 5 heteroatoms. The van der Waals surface area contributed by atoms with Gasteiger partial charge in [-0.25, -0.2) is 0 Å². The van der Waals surface area contributed by atoms with Gasteiger partial charge in [-0.05, 0) is 25.1 Å². The summed E-state index contributed by atoms with van der Waals surface area (Å²) in [7, 11) is 1.29. The SMILES string of the molecule is COC(=O)[C@H](N)[C@@H](C)Oc1cccc(Cl)c1. The van der Waals surface area contributed by atoms with Crippen molar-refractivity contribution in [1.82, 2.24) is 0 Å². The first kappa shape index (κ1) is 12.8. The van der Waals surface area contributed by atoms with Gasteiger partial charge in [-0.15, -0.1) is 0 Å². The Balaban J connectivity index is 2.64. The summed E-state index contributed by atoms with van der Waals surface area (Å²) in [5.41, 5.74) is 5.62. The Morgan fingerprint density at radius 3 is 2.75 bits per heavy atom. The van der Waals surface area contributed by atoms with Crippen molar-refractivity contribution in [2.45, 2.75) is 19.1 Å². The molecule has 0 fully saturated rings. The van der Waals surface area contributed by atoms with Crippen LogP contribution in [0.1, 0.15) is 6.92 Å². The van der Waals surface area contributed by atoms with E-state index in [2.05, 4.69) is 4.74 Å². The van der Waals surface area contributed by atoms with Gasteiger partial charge in [0.25, 0.3) is 0 Å². The minimum Gasteiger partial charge on any atom is -0.488 e. The first-order valence-electron chi connectivity index (χ1n) is 4.80. The van der Waals surface area contributed by atoms with Crippen molar-refractivity contribution in [3.05, 3.63) is 29.3 Å². The number of methoxy groups -OCH3 is 1. The molecular weight excluding hydrogens is 230 g/mol. The van der Waals surface area contributed by atoms with Crippen molar-refractivity contribution < 1.29 is 14.3 Å². The van der Waals surface area contributed by atoms with Crippen LogP contribution in [0.5, 0.6) is 5.75 Å². The van der Waals surface area contributed by atoms with Crippen molar-refractivity contribution in [1.29, 1.82) is 0 Å². The lowest BCUT2D eigenvalue weighted by Crippen LogP contribution is -2.44. The lowest BCUT2D eigenvalue weighted by Gasteiger charge is -2.19. The standard InChI is InChI=1S/C11H14ClNO3/c1-7(10(13)11(14)15-2)16-9-5-3-4-8(12)6-9/h3-7,10H,13H2,1-2H3/t7-,10-/m1/s1. The van der Waals surface area contributed by atoms with Gasteiger partial charge in [0.15, 0.2) is 0 Å². The maximum Gasteiger partial charge on any atom is 0.326 e. The number of hydrogen-bond donors (Lipinski definition) is 1. The fourth-order valence-corrected chi connectivity index (χ4v) is 1.34. The first-order valence-corrected chi connectivity index (χ1v) is 5.18. The van der Waals surface area contributed by atoms with Crippen molar-refractivity contribution in [3.8, 4) is 5.75 Å². The second kappa shape index (κ2) is 5.72. The molecular formula is C11H14ClNO3. The van der Waals surface area contributed by atoms with E-state index in [1.54, 1.807) is 31.2 Å². The summed E-state index contributed by atoms with van der Waals surface area (Å²) in [5.74, 6) is 0.0638. The third-order valence-corrected chi connectivity index (χ3v) is 2.33. The van der Waals surface area contributed by atoms with Crippen LogP contribution < -0.4 is 10.5 Å². The van der Waals surface area contributed by atoms with Gasteiger partial charge in [0.2, 0.25) is 0 Å². The van der Waals surface area contributed by atoms with Crippen LogP contribution in [-0.2, 0) is 9.53 Å². The fraction of sp³-hybridized carbons (Fsp3) is 0.364. The molecule has 16 heavy (non-hydrogen) atoms. The molecule has 2 N–H and O–H groups in total. The predicted octanol–water partition coefficient (Wildman–Crippen LogP) is 1.61. The number of rotatable bonds is 4. The molecule has 0 saturated heterocycles. The molecule has 0 radical (unpaired) electrons. The molecule has 0 aliphatic rings. The molecule has 0 spiro atoms. The van der Waals surface area contributed by atoms with Crippen LogP contribution in [0.3, 0.4) is 0 Å². The molecule has 0 aliphatic heterocycles. The second-order valence-electron chi connectivity index (χ2n) is 3.33. The van der Waals surface area contributed by atoms with Gasteiger partial charge < -0.3 is 15.2 Å². The summed E-state index contributed by atoms with van der Waals surface area (Å²) in [6, 6.07) is 6.07. The fourth-order valence-electron chi connectivity index (χ4n) is 1.16. The lowest BCUT2D eigenvalue weighted by molar-refractivity contribution is -0.144. The van der Waals surface area contributed by atoms with E-state index in [1.807, 2.05) is 0 Å². The van der Waals surface area contributed by atoms with E-state index in [9.17, 15) is 4.79 Å². The summed E-state index contributed by atoms with van der Waals surface area (Å²) in [4.78, 5) is 11.2. The highest BCUT2D eigenvalue weighted by molar-refractivity contribution is 6.30. The number of hydrogen-bond acceptors (Lipinski definition) is 4. The third-order valence-electron chi connectivity index (χ3n) is 2.10. The number of nitrogens with two attached hydrogens (primary N) is 1. The van der Waals surface area contributed by atoms with E-state index >= 15 is 0 Å². The molecule has 0 unspecified atom stereocenters. The van der Waals surface area contributed by atoms with Crippen LogP contribution in [0.2, 0.25) is 5.02 Å². The molecule has 0 aromatic heterocycles. The molecule has 1 aromatic rings. The Kier molecular flexibility index (Phi) is 4.58. The van der Waals surface area contributed by atoms with Crippen LogP contribution in [0.15, 0.2) is 24.3 Å².